The van der Waals surface area contributed by atoms with Gasteiger partial charge in [-0.1, -0.05) is 6.92 Å². The number of hydrogen-bond acceptors (Lipinski definition) is 7. The van der Waals surface area contributed by atoms with Crippen LogP contribution in [0.15, 0.2) is 12.2 Å². The molecule has 13 nitrogen and oxygen atoms in total. The van der Waals surface area contributed by atoms with E-state index in [1.165, 1.54) is 0 Å². The molecule has 7 amide bonds. The molecule has 0 unspecified atom stereocenters. The lowest BCUT2D eigenvalue weighted by atomic mass is 10.0. The van der Waals surface area contributed by atoms with Gasteiger partial charge in [-0.15, -0.1) is 0 Å². The first kappa shape index (κ1) is 26.3. The average molecular weight is 452 g/mol. The third-order valence-corrected chi connectivity index (χ3v) is 4.54. The number of carbonyl (C=O) groups excluding carboxylic acids is 7. The second-order valence-electron chi connectivity index (χ2n) is 7.02. The van der Waals surface area contributed by atoms with Gasteiger partial charge in [0.1, 0.15) is 6.04 Å². The number of urea groups is 1. The van der Waals surface area contributed by atoms with E-state index in [4.69, 9.17) is 11.5 Å². The van der Waals surface area contributed by atoms with Crippen molar-refractivity contribution < 1.29 is 33.6 Å². The van der Waals surface area contributed by atoms with E-state index in [1.807, 2.05) is 0 Å². The molecule has 176 valence electrons. The molecular weight excluding hydrogens is 424 g/mol. The molecule has 0 spiro atoms. The zero-order chi connectivity index (χ0) is 24.3. The van der Waals surface area contributed by atoms with E-state index < -0.39 is 54.1 Å². The Balaban J connectivity index is 2.70. The highest BCUT2D eigenvalue weighted by molar-refractivity contribution is 6.13. The molecule has 0 radical (unpaired) electrons. The summed E-state index contributed by atoms with van der Waals surface area (Å²) in [7, 11) is 0. The zero-order valence-electron chi connectivity index (χ0n) is 17.7. The van der Waals surface area contributed by atoms with Crippen LogP contribution in [0, 0.1) is 0 Å². The number of nitrogens with one attached hydrogen (secondary N) is 3. The van der Waals surface area contributed by atoms with Crippen LogP contribution in [0.4, 0.5) is 4.79 Å². The first-order valence-electron chi connectivity index (χ1n) is 10.0. The van der Waals surface area contributed by atoms with Crippen molar-refractivity contribution in [3.05, 3.63) is 12.2 Å². The highest BCUT2D eigenvalue weighted by Crippen LogP contribution is 2.06. The van der Waals surface area contributed by atoms with Crippen molar-refractivity contribution in [2.24, 2.45) is 11.5 Å². The molecule has 0 aliphatic carbocycles. The van der Waals surface area contributed by atoms with Crippen molar-refractivity contribution in [2.75, 3.05) is 13.1 Å². The first-order valence-corrected chi connectivity index (χ1v) is 10.0. The van der Waals surface area contributed by atoms with Crippen LogP contribution < -0.4 is 27.4 Å². The van der Waals surface area contributed by atoms with Gasteiger partial charge in [0.05, 0.1) is 12.5 Å². The minimum atomic E-state index is -1.35. The summed E-state index contributed by atoms with van der Waals surface area (Å²) in [6.07, 6.45) is 2.02. The highest BCUT2D eigenvalue weighted by Gasteiger charge is 2.28. The van der Waals surface area contributed by atoms with E-state index in [2.05, 4.69) is 16.0 Å². The maximum atomic E-state index is 12.6. The average Bonchev–Trinajstić information content (AvgIpc) is 3.04. The van der Waals surface area contributed by atoms with Crippen LogP contribution in [0.25, 0.3) is 0 Å². The second kappa shape index (κ2) is 12.8. The summed E-state index contributed by atoms with van der Waals surface area (Å²) in [5, 5.41) is 7.20. The van der Waals surface area contributed by atoms with Crippen molar-refractivity contribution in [1.82, 2.24) is 20.9 Å². The molecule has 2 atom stereocenters. The Morgan fingerprint density at radius 1 is 1.00 bits per heavy atom. The third kappa shape index (κ3) is 8.93. The number of nitrogens with two attached hydrogens (primary N) is 2. The zero-order valence-corrected chi connectivity index (χ0v) is 17.7. The molecule has 7 N–H and O–H groups in total. The molecule has 13 heteroatoms. The number of rotatable bonds is 14. The van der Waals surface area contributed by atoms with Crippen LogP contribution >= 0.6 is 0 Å². The largest absolute Gasteiger partial charge is 0.370 e. The SMILES string of the molecule is CCC(=O)[C@H](CCCNC(N)=O)NC(=O)[C@H](CC(N)=O)NC(=O)CCN1C(=O)C=CC1=O. The van der Waals surface area contributed by atoms with Crippen LogP contribution in [-0.2, 0) is 28.8 Å². The minimum Gasteiger partial charge on any atom is -0.370 e. The predicted octanol–water partition coefficient (Wildman–Crippen LogP) is -2.43. The van der Waals surface area contributed by atoms with E-state index in [1.54, 1.807) is 6.92 Å². The number of imide groups is 1. The van der Waals surface area contributed by atoms with Crippen molar-refractivity contribution in [1.29, 1.82) is 0 Å². The normalized spacial score (nSPS) is 14.6. The molecule has 1 heterocycles. The van der Waals surface area contributed by atoms with Gasteiger partial charge in [0.2, 0.25) is 17.7 Å². The van der Waals surface area contributed by atoms with Gasteiger partial charge < -0.3 is 27.4 Å². The van der Waals surface area contributed by atoms with Gasteiger partial charge in [0.15, 0.2) is 5.78 Å². The molecule has 0 aromatic rings. The molecule has 0 bridgehead atoms. The lowest BCUT2D eigenvalue weighted by Gasteiger charge is -2.22. The number of nitrogens with zero attached hydrogens (tertiary/aromatic N) is 1. The number of amides is 7. The fourth-order valence-electron chi connectivity index (χ4n) is 2.89. The van der Waals surface area contributed by atoms with E-state index in [0.717, 1.165) is 17.1 Å². The lowest BCUT2D eigenvalue weighted by Crippen LogP contribution is -2.53. The molecule has 1 rings (SSSR count). The van der Waals surface area contributed by atoms with Crippen LogP contribution in [-0.4, -0.2) is 71.4 Å². The van der Waals surface area contributed by atoms with Crippen molar-refractivity contribution in [3.63, 3.8) is 0 Å². The fraction of sp³-hybridized carbons (Fsp3) is 0.526. The van der Waals surface area contributed by atoms with Gasteiger partial charge in [-0.25, -0.2) is 4.79 Å². The number of primary amides is 2. The Kier molecular flexibility index (Phi) is 10.5. The fourth-order valence-corrected chi connectivity index (χ4v) is 2.89. The Labute approximate surface area is 184 Å². The minimum absolute atomic E-state index is 0.132. The third-order valence-electron chi connectivity index (χ3n) is 4.54. The van der Waals surface area contributed by atoms with Crippen molar-refractivity contribution in [2.45, 2.75) is 51.1 Å². The van der Waals surface area contributed by atoms with Crippen LogP contribution in [0.2, 0.25) is 0 Å². The maximum absolute atomic E-state index is 12.6. The van der Waals surface area contributed by atoms with E-state index in [-0.39, 0.29) is 38.1 Å². The smallest absolute Gasteiger partial charge is 0.312 e. The Morgan fingerprint density at radius 2 is 1.62 bits per heavy atom. The molecule has 1 aliphatic rings. The van der Waals surface area contributed by atoms with E-state index >= 15 is 0 Å². The van der Waals surface area contributed by atoms with Gasteiger partial charge in [-0.2, -0.15) is 0 Å². The highest BCUT2D eigenvalue weighted by atomic mass is 16.2. The molecule has 1 aliphatic heterocycles. The number of carbonyl (C=O) groups is 7. The van der Waals surface area contributed by atoms with E-state index in [9.17, 15) is 33.6 Å². The van der Waals surface area contributed by atoms with Gasteiger partial charge in [-0.05, 0) is 12.8 Å². The van der Waals surface area contributed by atoms with Crippen molar-refractivity contribution >= 4 is 41.4 Å². The molecule has 0 aromatic heterocycles. The van der Waals surface area contributed by atoms with Gasteiger partial charge in [0.25, 0.3) is 11.8 Å². The first-order chi connectivity index (χ1) is 15.0. The second-order valence-corrected chi connectivity index (χ2v) is 7.02. The predicted molar refractivity (Wildman–Crippen MR) is 110 cm³/mol. The van der Waals surface area contributed by atoms with Gasteiger partial charge in [-0.3, -0.25) is 33.7 Å². The van der Waals surface area contributed by atoms with Crippen LogP contribution in [0.1, 0.15) is 39.0 Å². The van der Waals surface area contributed by atoms with Crippen LogP contribution in [0.5, 0.6) is 0 Å². The lowest BCUT2D eigenvalue weighted by molar-refractivity contribution is -0.137. The summed E-state index contributed by atoms with van der Waals surface area (Å²) in [5.41, 5.74) is 10.1. The van der Waals surface area contributed by atoms with Crippen LogP contribution in [0.3, 0.4) is 0 Å². The molecule has 0 fully saturated rings. The summed E-state index contributed by atoms with van der Waals surface area (Å²) >= 11 is 0. The Bertz CT molecular complexity index is 792. The number of hydrogen-bond donors (Lipinski definition) is 5. The summed E-state index contributed by atoms with van der Waals surface area (Å²) < 4.78 is 0. The van der Waals surface area contributed by atoms with Crippen molar-refractivity contribution in [3.8, 4) is 0 Å². The molecule has 0 saturated carbocycles. The molecular formula is C19H28N6O7. The Morgan fingerprint density at radius 3 is 2.16 bits per heavy atom. The molecule has 0 saturated heterocycles. The summed E-state index contributed by atoms with van der Waals surface area (Å²) in [6.45, 7) is 1.61. The summed E-state index contributed by atoms with van der Waals surface area (Å²) in [6, 6.07) is -2.97. The number of Topliss-reactive ketones (excluding diaryl/α,β-unsaturated/α-hetero) is 1. The van der Waals surface area contributed by atoms with Gasteiger partial charge >= 0.3 is 6.03 Å². The Hall–Kier alpha value is -3.77. The molecule has 32 heavy (non-hydrogen) atoms. The topological polar surface area (TPSA) is 211 Å². The number of ketones is 1. The summed E-state index contributed by atoms with van der Waals surface area (Å²) in [4.78, 5) is 83.1. The van der Waals surface area contributed by atoms with E-state index in [0.29, 0.717) is 6.42 Å². The standard InChI is InChI=1S/C19H28N6O7/c1-2-13(26)11(4-3-8-22-19(21)32)24-18(31)12(10-14(20)27)23-15(28)7-9-25-16(29)5-6-17(25)30/h5-6,11-12H,2-4,7-10H2,1H3,(H2,20,27)(H,23,28)(H,24,31)(H3,21,22,32)/t11-,12-/m0/s1. The summed E-state index contributed by atoms with van der Waals surface area (Å²) in [5.74, 6) is -3.73. The van der Waals surface area contributed by atoms with Gasteiger partial charge in [0, 0.05) is 38.1 Å². The quantitative estimate of drug-likeness (QED) is 0.142. The molecule has 0 aromatic carbocycles. The monoisotopic (exact) mass is 452 g/mol. The maximum Gasteiger partial charge on any atom is 0.312 e.